The van der Waals surface area contributed by atoms with E-state index in [1.807, 2.05) is 7.05 Å². The van der Waals surface area contributed by atoms with Crippen LogP contribution in [0.4, 0.5) is 0 Å². The second kappa shape index (κ2) is 7.73. The summed E-state index contributed by atoms with van der Waals surface area (Å²) in [6.45, 7) is 4.92. The topological polar surface area (TPSA) is 15.3 Å². The van der Waals surface area contributed by atoms with Crippen molar-refractivity contribution in [2.45, 2.75) is 32.1 Å². The molecule has 0 atom stereocenters. The Kier molecular flexibility index (Phi) is 6.47. The predicted molar refractivity (Wildman–Crippen MR) is 65.8 cm³/mol. The molecule has 1 fully saturated rings. The van der Waals surface area contributed by atoms with Gasteiger partial charge in [0.2, 0.25) is 0 Å². The summed E-state index contributed by atoms with van der Waals surface area (Å²) in [5, 5.41) is 3.23. The molecule has 0 aromatic carbocycles. The van der Waals surface area contributed by atoms with Crippen molar-refractivity contribution in [1.82, 2.24) is 10.2 Å². The molecule has 0 radical (unpaired) electrons. The van der Waals surface area contributed by atoms with E-state index in [0.29, 0.717) is 0 Å². The lowest BCUT2D eigenvalue weighted by Crippen LogP contribution is -2.35. The molecule has 0 spiro atoms. The Hall–Kier alpha value is -0.520. The van der Waals surface area contributed by atoms with Gasteiger partial charge in [0, 0.05) is 6.42 Å². The summed E-state index contributed by atoms with van der Waals surface area (Å²) in [5.41, 5.74) is 0. The highest BCUT2D eigenvalue weighted by Gasteiger charge is 2.17. The van der Waals surface area contributed by atoms with E-state index in [-0.39, 0.29) is 0 Å². The number of hydrogen-bond acceptors (Lipinski definition) is 2. The van der Waals surface area contributed by atoms with Crippen molar-refractivity contribution in [2.75, 3.05) is 33.2 Å². The van der Waals surface area contributed by atoms with Crippen molar-refractivity contribution in [3.63, 3.8) is 0 Å². The molecule has 2 heteroatoms. The first kappa shape index (κ1) is 12.5. The number of nitrogens with zero attached hydrogens (tertiary/aromatic N) is 1. The van der Waals surface area contributed by atoms with Gasteiger partial charge < -0.3 is 10.2 Å². The van der Waals surface area contributed by atoms with Gasteiger partial charge in [-0.05, 0) is 64.8 Å². The number of unbranched alkanes of at least 4 members (excludes halogenated alkanes) is 1. The van der Waals surface area contributed by atoms with Crippen molar-refractivity contribution in [3.8, 4) is 12.3 Å². The summed E-state index contributed by atoms with van der Waals surface area (Å²) >= 11 is 0. The predicted octanol–water partition coefficient (Wildman–Crippen LogP) is 1.72. The van der Waals surface area contributed by atoms with Crippen LogP contribution in [0.15, 0.2) is 0 Å². The fourth-order valence-corrected chi connectivity index (χ4v) is 2.25. The van der Waals surface area contributed by atoms with E-state index in [0.717, 1.165) is 18.8 Å². The third-order valence-corrected chi connectivity index (χ3v) is 3.31. The molecule has 1 saturated heterocycles. The summed E-state index contributed by atoms with van der Waals surface area (Å²) < 4.78 is 0. The molecular weight excluding hydrogens is 184 g/mol. The number of nitrogens with one attached hydrogen (secondary N) is 1. The SMILES string of the molecule is C#CCCCN1CCC(CCNC)CC1. The van der Waals surface area contributed by atoms with E-state index in [1.54, 1.807) is 0 Å². The van der Waals surface area contributed by atoms with Crippen LogP contribution in [-0.4, -0.2) is 38.1 Å². The van der Waals surface area contributed by atoms with E-state index >= 15 is 0 Å². The van der Waals surface area contributed by atoms with Gasteiger partial charge in [-0.1, -0.05) is 0 Å². The Morgan fingerprint density at radius 2 is 2.13 bits per heavy atom. The van der Waals surface area contributed by atoms with Crippen molar-refractivity contribution < 1.29 is 0 Å². The average molecular weight is 208 g/mol. The van der Waals surface area contributed by atoms with Crippen molar-refractivity contribution in [1.29, 1.82) is 0 Å². The highest BCUT2D eigenvalue weighted by Crippen LogP contribution is 2.19. The molecule has 1 aliphatic rings. The van der Waals surface area contributed by atoms with Crippen molar-refractivity contribution >= 4 is 0 Å². The van der Waals surface area contributed by atoms with E-state index in [2.05, 4.69) is 16.1 Å². The Bertz CT molecular complexity index is 187. The van der Waals surface area contributed by atoms with Gasteiger partial charge in [-0.15, -0.1) is 12.3 Å². The van der Waals surface area contributed by atoms with E-state index in [1.165, 1.54) is 45.4 Å². The van der Waals surface area contributed by atoms with Crippen LogP contribution in [0.1, 0.15) is 32.1 Å². The lowest BCUT2D eigenvalue weighted by molar-refractivity contribution is 0.178. The third kappa shape index (κ3) is 5.20. The summed E-state index contributed by atoms with van der Waals surface area (Å²) in [6, 6.07) is 0. The zero-order valence-corrected chi connectivity index (χ0v) is 9.97. The molecule has 0 bridgehead atoms. The minimum atomic E-state index is 0.930. The molecule has 0 saturated carbocycles. The zero-order chi connectivity index (χ0) is 10.9. The molecule has 0 aromatic heterocycles. The van der Waals surface area contributed by atoms with Gasteiger partial charge >= 0.3 is 0 Å². The highest BCUT2D eigenvalue weighted by molar-refractivity contribution is 4.84. The van der Waals surface area contributed by atoms with Gasteiger partial charge in [0.1, 0.15) is 0 Å². The second-order valence-electron chi connectivity index (χ2n) is 4.48. The van der Waals surface area contributed by atoms with Crippen molar-refractivity contribution in [3.05, 3.63) is 0 Å². The fraction of sp³-hybridized carbons (Fsp3) is 0.846. The minimum absolute atomic E-state index is 0.930. The van der Waals surface area contributed by atoms with Gasteiger partial charge in [0.15, 0.2) is 0 Å². The molecule has 1 heterocycles. The van der Waals surface area contributed by atoms with Gasteiger partial charge in [0.05, 0.1) is 0 Å². The molecule has 15 heavy (non-hydrogen) atoms. The summed E-state index contributed by atoms with van der Waals surface area (Å²) in [5.74, 6) is 3.65. The van der Waals surface area contributed by atoms with Gasteiger partial charge in [-0.2, -0.15) is 0 Å². The first-order chi connectivity index (χ1) is 7.36. The molecule has 0 amide bonds. The van der Waals surface area contributed by atoms with E-state index in [4.69, 9.17) is 6.42 Å². The van der Waals surface area contributed by atoms with Crippen LogP contribution < -0.4 is 5.32 Å². The van der Waals surface area contributed by atoms with Crippen LogP contribution in [-0.2, 0) is 0 Å². The fourth-order valence-electron chi connectivity index (χ4n) is 2.25. The number of rotatable bonds is 6. The van der Waals surface area contributed by atoms with Gasteiger partial charge in [-0.3, -0.25) is 0 Å². The van der Waals surface area contributed by atoms with Crippen LogP contribution in [0.2, 0.25) is 0 Å². The van der Waals surface area contributed by atoms with Gasteiger partial charge in [0.25, 0.3) is 0 Å². The molecule has 2 nitrogen and oxygen atoms in total. The monoisotopic (exact) mass is 208 g/mol. The molecule has 1 aliphatic heterocycles. The third-order valence-electron chi connectivity index (χ3n) is 3.31. The van der Waals surface area contributed by atoms with E-state index < -0.39 is 0 Å². The number of terminal acetylenes is 1. The van der Waals surface area contributed by atoms with Crippen LogP contribution in [0.5, 0.6) is 0 Å². The Morgan fingerprint density at radius 1 is 1.40 bits per heavy atom. The van der Waals surface area contributed by atoms with Gasteiger partial charge in [-0.25, -0.2) is 0 Å². The molecule has 0 aliphatic carbocycles. The summed E-state index contributed by atoms with van der Waals surface area (Å²) in [6.07, 6.45) is 11.4. The van der Waals surface area contributed by atoms with Crippen LogP contribution in [0, 0.1) is 18.3 Å². The average Bonchev–Trinajstić information content (AvgIpc) is 2.28. The maximum atomic E-state index is 5.25. The standard InChI is InChI=1S/C13H24N2/c1-3-4-5-10-15-11-7-13(8-12-15)6-9-14-2/h1,13-14H,4-12H2,2H3. The quantitative estimate of drug-likeness (QED) is 0.528. The molecular formula is C13H24N2. The molecule has 1 N–H and O–H groups in total. The maximum absolute atomic E-state index is 5.25. The lowest BCUT2D eigenvalue weighted by atomic mass is 9.93. The van der Waals surface area contributed by atoms with Crippen LogP contribution in [0.25, 0.3) is 0 Å². The summed E-state index contributed by atoms with van der Waals surface area (Å²) in [4.78, 5) is 2.56. The molecule has 0 unspecified atom stereocenters. The van der Waals surface area contributed by atoms with Crippen LogP contribution >= 0.6 is 0 Å². The summed E-state index contributed by atoms with van der Waals surface area (Å²) in [7, 11) is 2.04. The number of piperidine rings is 1. The van der Waals surface area contributed by atoms with E-state index in [9.17, 15) is 0 Å². The smallest absolute Gasteiger partial charge is 0.00982 e. The molecule has 0 aromatic rings. The highest BCUT2D eigenvalue weighted by atomic mass is 15.1. The number of likely N-dealkylation sites (tertiary alicyclic amines) is 1. The zero-order valence-electron chi connectivity index (χ0n) is 9.97. The first-order valence-corrected chi connectivity index (χ1v) is 6.17. The second-order valence-corrected chi connectivity index (χ2v) is 4.48. The maximum Gasteiger partial charge on any atom is 0.00982 e. The van der Waals surface area contributed by atoms with Crippen molar-refractivity contribution in [2.24, 2.45) is 5.92 Å². The molecule has 1 rings (SSSR count). The Balaban J connectivity index is 2.05. The minimum Gasteiger partial charge on any atom is -0.320 e. The Morgan fingerprint density at radius 3 is 2.73 bits per heavy atom. The normalized spacial score (nSPS) is 18.9. The molecule has 86 valence electrons. The first-order valence-electron chi connectivity index (χ1n) is 6.17. The number of hydrogen-bond donors (Lipinski definition) is 1. The Labute approximate surface area is 94.4 Å². The van der Waals surface area contributed by atoms with Crippen LogP contribution in [0.3, 0.4) is 0 Å². The lowest BCUT2D eigenvalue weighted by Gasteiger charge is -2.31. The largest absolute Gasteiger partial charge is 0.320 e.